The fourth-order valence-electron chi connectivity index (χ4n) is 2.20. The fourth-order valence-corrected chi connectivity index (χ4v) is 3.94. The van der Waals surface area contributed by atoms with Gasteiger partial charge in [-0.3, -0.25) is 14.5 Å². The van der Waals surface area contributed by atoms with Crippen LogP contribution >= 0.6 is 27.7 Å². The maximum absolute atomic E-state index is 12.2. The molecule has 1 aliphatic heterocycles. The number of hydrogen-bond donors (Lipinski definition) is 1. The smallest absolute Gasteiger partial charge is 0.243 e. The summed E-state index contributed by atoms with van der Waals surface area (Å²) in [6.45, 7) is 0. The van der Waals surface area contributed by atoms with Crippen LogP contribution in [0.15, 0.2) is 27.6 Å². The third kappa shape index (κ3) is 2.51. The molecule has 1 saturated carbocycles. The molecule has 0 radical (unpaired) electrons. The zero-order chi connectivity index (χ0) is 13.6. The molecule has 1 heterocycles. The highest BCUT2D eigenvalue weighted by Crippen LogP contribution is 2.39. The Balaban J connectivity index is 1.76. The number of nitrogen functional groups attached to an aromatic ring is 1. The molecule has 1 aromatic rings. The van der Waals surface area contributed by atoms with Gasteiger partial charge in [0.05, 0.1) is 5.25 Å². The Morgan fingerprint density at radius 2 is 2.05 bits per heavy atom. The zero-order valence-electron chi connectivity index (χ0n) is 10.1. The molecule has 1 atom stereocenters. The van der Waals surface area contributed by atoms with Crippen LogP contribution in [-0.4, -0.2) is 28.0 Å². The lowest BCUT2D eigenvalue weighted by Crippen LogP contribution is -2.33. The lowest BCUT2D eigenvalue weighted by molar-refractivity contribution is -0.138. The minimum atomic E-state index is -0.298. The highest BCUT2D eigenvalue weighted by atomic mass is 79.9. The van der Waals surface area contributed by atoms with Gasteiger partial charge in [-0.05, 0) is 47.0 Å². The van der Waals surface area contributed by atoms with Gasteiger partial charge in [0.25, 0.3) is 0 Å². The van der Waals surface area contributed by atoms with E-state index in [9.17, 15) is 9.59 Å². The normalized spacial score (nSPS) is 23.2. The van der Waals surface area contributed by atoms with Gasteiger partial charge >= 0.3 is 0 Å². The summed E-state index contributed by atoms with van der Waals surface area (Å²) < 4.78 is 0.864. The maximum Gasteiger partial charge on any atom is 0.243 e. The van der Waals surface area contributed by atoms with Crippen LogP contribution in [0.1, 0.15) is 19.3 Å². The number of anilines is 1. The minimum Gasteiger partial charge on any atom is -0.399 e. The molecule has 3 rings (SSSR count). The van der Waals surface area contributed by atoms with Crippen molar-refractivity contribution < 1.29 is 9.59 Å². The second-order valence-corrected chi connectivity index (χ2v) is 6.93. The summed E-state index contributed by atoms with van der Waals surface area (Å²) in [6.07, 6.45) is 2.22. The van der Waals surface area contributed by atoms with Gasteiger partial charge in [0.1, 0.15) is 0 Å². The first kappa shape index (κ1) is 13.0. The van der Waals surface area contributed by atoms with Gasteiger partial charge in [0, 0.05) is 27.5 Å². The number of benzene rings is 1. The Bertz CT molecular complexity index is 560. The minimum absolute atomic E-state index is 0.0310. The van der Waals surface area contributed by atoms with Gasteiger partial charge < -0.3 is 5.73 Å². The number of likely N-dealkylation sites (tertiary alicyclic amines) is 1. The maximum atomic E-state index is 12.2. The Morgan fingerprint density at radius 1 is 1.32 bits per heavy atom. The molecule has 0 aromatic heterocycles. The van der Waals surface area contributed by atoms with E-state index < -0.39 is 0 Å². The summed E-state index contributed by atoms with van der Waals surface area (Å²) in [7, 11) is 0. The number of nitrogens with zero attached hydrogens (tertiary/aromatic N) is 1. The van der Waals surface area contributed by atoms with E-state index >= 15 is 0 Å². The average Bonchev–Trinajstić information content (AvgIpc) is 3.12. The first-order chi connectivity index (χ1) is 9.06. The molecule has 0 bridgehead atoms. The van der Waals surface area contributed by atoms with Gasteiger partial charge in [0.2, 0.25) is 11.8 Å². The van der Waals surface area contributed by atoms with Crippen molar-refractivity contribution in [3.8, 4) is 0 Å². The predicted molar refractivity (Wildman–Crippen MR) is 77.7 cm³/mol. The van der Waals surface area contributed by atoms with Crippen LogP contribution in [0.5, 0.6) is 0 Å². The number of thioether (sulfide) groups is 1. The van der Waals surface area contributed by atoms with E-state index in [2.05, 4.69) is 15.9 Å². The Morgan fingerprint density at radius 3 is 2.68 bits per heavy atom. The number of amides is 2. The number of carbonyl (C=O) groups is 2. The van der Waals surface area contributed by atoms with Crippen molar-refractivity contribution >= 4 is 45.2 Å². The molecule has 100 valence electrons. The van der Waals surface area contributed by atoms with Crippen LogP contribution in [0.25, 0.3) is 0 Å². The van der Waals surface area contributed by atoms with E-state index in [-0.39, 0.29) is 23.1 Å². The fraction of sp³-hybridized carbons (Fsp3) is 0.385. The van der Waals surface area contributed by atoms with Gasteiger partial charge in [-0.2, -0.15) is 0 Å². The summed E-state index contributed by atoms with van der Waals surface area (Å²) in [5.74, 6) is -0.0715. The van der Waals surface area contributed by atoms with Crippen LogP contribution < -0.4 is 5.73 Å². The van der Waals surface area contributed by atoms with E-state index in [1.165, 1.54) is 16.7 Å². The van der Waals surface area contributed by atoms with Crippen molar-refractivity contribution in [2.24, 2.45) is 0 Å². The Hall–Kier alpha value is -1.01. The van der Waals surface area contributed by atoms with E-state index in [1.807, 2.05) is 12.1 Å². The number of halogens is 1. The van der Waals surface area contributed by atoms with E-state index in [0.29, 0.717) is 12.1 Å². The summed E-state index contributed by atoms with van der Waals surface area (Å²) in [5.41, 5.74) is 6.36. The van der Waals surface area contributed by atoms with Gasteiger partial charge in [-0.15, -0.1) is 11.8 Å². The topological polar surface area (TPSA) is 63.4 Å². The highest BCUT2D eigenvalue weighted by Gasteiger charge is 2.46. The molecule has 6 heteroatoms. The highest BCUT2D eigenvalue weighted by molar-refractivity contribution is 9.10. The van der Waals surface area contributed by atoms with E-state index in [4.69, 9.17) is 5.73 Å². The Labute approximate surface area is 123 Å². The lowest BCUT2D eigenvalue weighted by atomic mass is 10.3. The van der Waals surface area contributed by atoms with E-state index in [0.717, 1.165) is 22.2 Å². The van der Waals surface area contributed by atoms with Crippen molar-refractivity contribution in [2.75, 3.05) is 5.73 Å². The third-order valence-electron chi connectivity index (χ3n) is 3.28. The summed E-state index contributed by atoms with van der Waals surface area (Å²) in [5, 5.41) is -0.298. The summed E-state index contributed by atoms with van der Waals surface area (Å²) in [6, 6.07) is 5.65. The van der Waals surface area contributed by atoms with Crippen molar-refractivity contribution in [3.05, 3.63) is 22.7 Å². The molecule has 1 aliphatic carbocycles. The quantitative estimate of drug-likeness (QED) is 0.677. The number of rotatable bonds is 3. The second kappa shape index (κ2) is 4.83. The van der Waals surface area contributed by atoms with Crippen molar-refractivity contribution in [3.63, 3.8) is 0 Å². The zero-order valence-corrected chi connectivity index (χ0v) is 12.5. The van der Waals surface area contributed by atoms with Crippen LogP contribution in [-0.2, 0) is 9.59 Å². The third-order valence-corrected chi connectivity index (χ3v) is 5.46. The van der Waals surface area contributed by atoms with Crippen LogP contribution in [0.4, 0.5) is 5.69 Å². The standard InChI is InChI=1S/C13H13BrN2O2S/c14-9-5-7(15)1-4-10(9)19-11-6-12(17)16(13(11)18)8-2-3-8/h1,4-5,8,11H,2-3,6,15H2. The Kier molecular flexibility index (Phi) is 3.30. The number of nitrogens with two attached hydrogens (primary N) is 1. The lowest BCUT2D eigenvalue weighted by Gasteiger charge is -2.13. The van der Waals surface area contributed by atoms with Gasteiger partial charge in [0.15, 0.2) is 0 Å². The van der Waals surface area contributed by atoms with E-state index in [1.54, 1.807) is 6.07 Å². The van der Waals surface area contributed by atoms with Crippen LogP contribution in [0.3, 0.4) is 0 Å². The molecule has 1 aromatic carbocycles. The first-order valence-electron chi connectivity index (χ1n) is 6.14. The van der Waals surface area contributed by atoms with Crippen LogP contribution in [0.2, 0.25) is 0 Å². The molecule has 1 unspecified atom stereocenters. The van der Waals surface area contributed by atoms with Crippen molar-refractivity contribution in [1.82, 2.24) is 4.90 Å². The predicted octanol–water partition coefficient (Wildman–Crippen LogP) is 2.41. The molecular weight excluding hydrogens is 328 g/mol. The van der Waals surface area contributed by atoms with Crippen molar-refractivity contribution in [2.45, 2.75) is 35.4 Å². The molecule has 2 fully saturated rings. The average molecular weight is 341 g/mol. The molecular formula is C13H13BrN2O2S. The molecule has 2 amide bonds. The molecule has 2 aliphatic rings. The van der Waals surface area contributed by atoms with Crippen molar-refractivity contribution in [1.29, 1.82) is 0 Å². The molecule has 1 saturated heterocycles. The molecule has 4 nitrogen and oxygen atoms in total. The molecule has 2 N–H and O–H groups in total. The van der Waals surface area contributed by atoms with Gasteiger partial charge in [-0.25, -0.2) is 0 Å². The SMILES string of the molecule is Nc1ccc(SC2CC(=O)N(C3CC3)C2=O)c(Br)c1. The molecule has 19 heavy (non-hydrogen) atoms. The number of imide groups is 1. The second-order valence-electron chi connectivity index (χ2n) is 4.83. The largest absolute Gasteiger partial charge is 0.399 e. The number of carbonyl (C=O) groups excluding carboxylic acids is 2. The molecule has 0 spiro atoms. The van der Waals surface area contributed by atoms with Gasteiger partial charge in [-0.1, -0.05) is 0 Å². The summed E-state index contributed by atoms with van der Waals surface area (Å²) >= 11 is 4.87. The number of hydrogen-bond acceptors (Lipinski definition) is 4. The van der Waals surface area contributed by atoms with Crippen LogP contribution in [0, 0.1) is 0 Å². The monoisotopic (exact) mass is 340 g/mol. The first-order valence-corrected chi connectivity index (χ1v) is 7.81. The summed E-state index contributed by atoms with van der Waals surface area (Å²) in [4.78, 5) is 26.5.